The third-order valence-corrected chi connectivity index (χ3v) is 8.51. The van der Waals surface area contributed by atoms with E-state index in [-0.39, 0.29) is 17.5 Å². The molecule has 3 fully saturated rings. The van der Waals surface area contributed by atoms with Gasteiger partial charge in [0.15, 0.2) is 0 Å². The molecule has 0 saturated heterocycles. The number of rotatable bonds is 8. The maximum Gasteiger partial charge on any atom is 0.312 e. The van der Waals surface area contributed by atoms with Gasteiger partial charge in [-0.3, -0.25) is 4.79 Å². The lowest BCUT2D eigenvalue weighted by atomic mass is 9.63. The van der Waals surface area contributed by atoms with Crippen LogP contribution in [0.4, 0.5) is 0 Å². The Kier molecular flexibility index (Phi) is 8.72. The van der Waals surface area contributed by atoms with Crippen LogP contribution < -0.4 is 0 Å². The van der Waals surface area contributed by atoms with Crippen molar-refractivity contribution in [3.63, 3.8) is 0 Å². The SMILES string of the molecule is CCCCC1(C(=O)OC2CCC(CCC)CC2)CCC(C2CCCCC2)CC1. The second-order valence-electron chi connectivity index (χ2n) is 10.5. The van der Waals surface area contributed by atoms with Gasteiger partial charge in [0, 0.05) is 0 Å². The molecule has 162 valence electrons. The van der Waals surface area contributed by atoms with Gasteiger partial charge in [-0.2, -0.15) is 0 Å². The molecule has 2 nitrogen and oxygen atoms in total. The molecule has 3 aliphatic rings. The Morgan fingerprint density at radius 3 is 2.07 bits per heavy atom. The topological polar surface area (TPSA) is 26.3 Å². The lowest BCUT2D eigenvalue weighted by Gasteiger charge is -2.42. The van der Waals surface area contributed by atoms with Crippen LogP contribution in [-0.4, -0.2) is 12.1 Å². The van der Waals surface area contributed by atoms with Gasteiger partial charge in [-0.05, 0) is 75.5 Å². The molecule has 28 heavy (non-hydrogen) atoms. The van der Waals surface area contributed by atoms with Crippen LogP contribution in [0.15, 0.2) is 0 Å². The molecule has 0 aromatic rings. The first-order valence-electron chi connectivity index (χ1n) is 12.9. The van der Waals surface area contributed by atoms with Crippen LogP contribution in [0.2, 0.25) is 0 Å². The first-order chi connectivity index (χ1) is 13.7. The minimum atomic E-state index is -0.151. The van der Waals surface area contributed by atoms with Crippen LogP contribution in [0.3, 0.4) is 0 Å². The smallest absolute Gasteiger partial charge is 0.312 e. The van der Waals surface area contributed by atoms with Crippen LogP contribution in [0.1, 0.15) is 129 Å². The molecule has 0 bridgehead atoms. The van der Waals surface area contributed by atoms with E-state index in [1.165, 1.54) is 83.5 Å². The zero-order valence-electron chi connectivity index (χ0n) is 18.9. The lowest BCUT2D eigenvalue weighted by Crippen LogP contribution is -2.40. The molecule has 0 aliphatic heterocycles. The van der Waals surface area contributed by atoms with Crippen molar-refractivity contribution in [2.75, 3.05) is 0 Å². The van der Waals surface area contributed by atoms with E-state index in [4.69, 9.17) is 4.74 Å². The van der Waals surface area contributed by atoms with E-state index >= 15 is 0 Å². The van der Waals surface area contributed by atoms with E-state index in [1.54, 1.807) is 0 Å². The second-order valence-corrected chi connectivity index (χ2v) is 10.5. The van der Waals surface area contributed by atoms with E-state index in [9.17, 15) is 4.79 Å². The summed E-state index contributed by atoms with van der Waals surface area (Å²) in [4.78, 5) is 13.4. The number of carbonyl (C=O) groups excluding carboxylic acids is 1. The van der Waals surface area contributed by atoms with Gasteiger partial charge >= 0.3 is 5.97 Å². The largest absolute Gasteiger partial charge is 0.462 e. The van der Waals surface area contributed by atoms with Crippen LogP contribution in [0, 0.1) is 23.2 Å². The van der Waals surface area contributed by atoms with Gasteiger partial charge in [0.1, 0.15) is 6.10 Å². The summed E-state index contributed by atoms with van der Waals surface area (Å²) in [5, 5.41) is 0. The molecule has 0 atom stereocenters. The molecule has 0 aromatic carbocycles. The van der Waals surface area contributed by atoms with E-state index in [1.807, 2.05) is 0 Å². The average Bonchev–Trinajstić information content (AvgIpc) is 2.75. The minimum absolute atomic E-state index is 0.151. The van der Waals surface area contributed by atoms with Crippen molar-refractivity contribution < 1.29 is 9.53 Å². The highest BCUT2D eigenvalue weighted by molar-refractivity contribution is 5.77. The van der Waals surface area contributed by atoms with Crippen molar-refractivity contribution in [1.29, 1.82) is 0 Å². The molecule has 3 aliphatic carbocycles. The van der Waals surface area contributed by atoms with Gasteiger partial charge < -0.3 is 4.74 Å². The molecular weight excluding hydrogens is 344 g/mol. The third kappa shape index (κ3) is 5.76. The van der Waals surface area contributed by atoms with Gasteiger partial charge in [0.05, 0.1) is 5.41 Å². The van der Waals surface area contributed by atoms with Gasteiger partial charge in [-0.1, -0.05) is 71.6 Å². The van der Waals surface area contributed by atoms with Gasteiger partial charge in [-0.15, -0.1) is 0 Å². The van der Waals surface area contributed by atoms with Crippen molar-refractivity contribution in [2.24, 2.45) is 23.2 Å². The highest BCUT2D eigenvalue weighted by Gasteiger charge is 2.44. The Labute approximate surface area is 174 Å². The molecule has 0 N–H and O–H groups in total. The monoisotopic (exact) mass is 390 g/mol. The van der Waals surface area contributed by atoms with Crippen LogP contribution >= 0.6 is 0 Å². The summed E-state index contributed by atoms with van der Waals surface area (Å²) in [5.41, 5.74) is -0.151. The molecule has 3 saturated carbocycles. The maximum absolute atomic E-state index is 13.4. The van der Waals surface area contributed by atoms with E-state index in [0.29, 0.717) is 0 Å². The van der Waals surface area contributed by atoms with E-state index in [0.717, 1.165) is 49.9 Å². The Morgan fingerprint density at radius 2 is 1.46 bits per heavy atom. The number of hydrogen-bond acceptors (Lipinski definition) is 2. The third-order valence-electron chi connectivity index (χ3n) is 8.51. The van der Waals surface area contributed by atoms with Crippen LogP contribution in [0.5, 0.6) is 0 Å². The number of ether oxygens (including phenoxy) is 1. The number of hydrogen-bond donors (Lipinski definition) is 0. The van der Waals surface area contributed by atoms with Crippen molar-refractivity contribution in [3.05, 3.63) is 0 Å². The number of esters is 1. The normalized spacial score (nSPS) is 34.9. The van der Waals surface area contributed by atoms with E-state index in [2.05, 4.69) is 13.8 Å². The number of unbranched alkanes of at least 4 members (excludes halogenated alkanes) is 1. The fraction of sp³-hybridized carbons (Fsp3) is 0.962. The van der Waals surface area contributed by atoms with Crippen molar-refractivity contribution in [1.82, 2.24) is 0 Å². The summed E-state index contributed by atoms with van der Waals surface area (Å²) in [5.74, 6) is 2.89. The fourth-order valence-corrected chi connectivity index (χ4v) is 6.56. The Balaban J connectivity index is 1.53. The van der Waals surface area contributed by atoms with E-state index < -0.39 is 0 Å². The molecule has 3 rings (SSSR count). The highest BCUT2D eigenvalue weighted by Crippen LogP contribution is 2.48. The van der Waals surface area contributed by atoms with Crippen LogP contribution in [-0.2, 0) is 9.53 Å². The van der Waals surface area contributed by atoms with Crippen LogP contribution in [0.25, 0.3) is 0 Å². The van der Waals surface area contributed by atoms with Crippen molar-refractivity contribution in [2.45, 2.75) is 136 Å². The van der Waals surface area contributed by atoms with Gasteiger partial charge in [-0.25, -0.2) is 0 Å². The zero-order valence-corrected chi connectivity index (χ0v) is 18.9. The molecule has 0 unspecified atom stereocenters. The standard InChI is InChI=1S/C26H46O2/c1-3-5-18-26(19-16-23(17-20-26)22-10-7-6-8-11-22)25(27)28-24-14-12-21(9-4-2)13-15-24/h21-24H,3-20H2,1-2H3. The molecule has 0 aromatic heterocycles. The minimum Gasteiger partial charge on any atom is -0.462 e. The molecule has 0 spiro atoms. The maximum atomic E-state index is 13.4. The molecule has 0 heterocycles. The summed E-state index contributed by atoms with van der Waals surface area (Å²) < 4.78 is 6.20. The van der Waals surface area contributed by atoms with Gasteiger partial charge in [0.2, 0.25) is 0 Å². The first-order valence-corrected chi connectivity index (χ1v) is 12.9. The summed E-state index contributed by atoms with van der Waals surface area (Å²) >= 11 is 0. The van der Waals surface area contributed by atoms with Crippen molar-refractivity contribution in [3.8, 4) is 0 Å². The average molecular weight is 391 g/mol. The predicted molar refractivity (Wildman–Crippen MR) is 117 cm³/mol. The summed E-state index contributed by atoms with van der Waals surface area (Å²) in [6.07, 6.45) is 22.9. The Morgan fingerprint density at radius 1 is 0.821 bits per heavy atom. The summed E-state index contributed by atoms with van der Waals surface area (Å²) in [6, 6.07) is 0. The quantitative estimate of drug-likeness (QED) is 0.395. The van der Waals surface area contributed by atoms with Crippen molar-refractivity contribution >= 4 is 5.97 Å². The summed E-state index contributed by atoms with van der Waals surface area (Å²) in [7, 11) is 0. The lowest BCUT2D eigenvalue weighted by molar-refractivity contribution is -0.167. The zero-order chi connectivity index (χ0) is 19.8. The fourth-order valence-electron chi connectivity index (χ4n) is 6.56. The number of carbonyl (C=O) groups is 1. The Hall–Kier alpha value is -0.530. The first kappa shape index (κ1) is 22.2. The molecular formula is C26H46O2. The molecule has 0 amide bonds. The molecule has 0 radical (unpaired) electrons. The predicted octanol–water partition coefficient (Wildman–Crippen LogP) is 7.84. The highest BCUT2D eigenvalue weighted by atomic mass is 16.5. The Bertz CT molecular complexity index is 449. The summed E-state index contributed by atoms with van der Waals surface area (Å²) in [6.45, 7) is 4.54. The molecule has 2 heteroatoms. The van der Waals surface area contributed by atoms with Gasteiger partial charge in [0.25, 0.3) is 0 Å². The second kappa shape index (κ2) is 11.0.